The maximum atomic E-state index is 10.6. The molecule has 0 atom stereocenters. The van der Waals surface area contributed by atoms with Crippen molar-refractivity contribution >= 4 is 6.29 Å². The molecule has 1 aromatic carbocycles. The predicted octanol–water partition coefficient (Wildman–Crippen LogP) is 2.74. The normalized spacial score (nSPS) is 11.4. The van der Waals surface area contributed by atoms with Gasteiger partial charge >= 0.3 is 0 Å². The molecule has 0 aliphatic carbocycles. The van der Waals surface area contributed by atoms with E-state index in [1.54, 1.807) is 12.1 Å². The van der Waals surface area contributed by atoms with Crippen LogP contribution in [0, 0.1) is 0 Å². The molecule has 0 aliphatic heterocycles. The van der Waals surface area contributed by atoms with E-state index in [1.165, 1.54) is 0 Å². The average molecular weight is 222 g/mol. The summed E-state index contributed by atoms with van der Waals surface area (Å²) in [6.45, 7) is 6.89. The van der Waals surface area contributed by atoms with Gasteiger partial charge in [0.2, 0.25) is 0 Å². The molecule has 16 heavy (non-hydrogen) atoms. The van der Waals surface area contributed by atoms with Crippen LogP contribution in [0.2, 0.25) is 0 Å². The molecule has 3 nitrogen and oxygen atoms in total. The second-order valence-electron chi connectivity index (χ2n) is 3.55. The Bertz CT molecular complexity index is 324. The first kappa shape index (κ1) is 12.9. The van der Waals surface area contributed by atoms with Crippen molar-refractivity contribution in [3.63, 3.8) is 0 Å². The van der Waals surface area contributed by atoms with E-state index in [2.05, 4.69) is 0 Å². The third kappa shape index (κ3) is 2.90. The summed E-state index contributed by atoms with van der Waals surface area (Å²) in [5.41, 5.74) is 1.57. The van der Waals surface area contributed by atoms with Crippen molar-refractivity contribution in [2.45, 2.75) is 26.6 Å². The average Bonchev–Trinajstić information content (AvgIpc) is 2.30. The van der Waals surface area contributed by atoms with Crippen molar-refractivity contribution in [2.24, 2.45) is 0 Å². The van der Waals surface area contributed by atoms with Gasteiger partial charge in [-0.1, -0.05) is 24.3 Å². The van der Waals surface area contributed by atoms with Crippen LogP contribution in [0.4, 0.5) is 0 Å². The Balaban J connectivity index is 2.95. The Labute approximate surface area is 96.4 Å². The van der Waals surface area contributed by atoms with Gasteiger partial charge < -0.3 is 9.47 Å². The summed E-state index contributed by atoms with van der Waals surface area (Å²) in [5.74, 6) is -0.731. The number of rotatable bonds is 6. The van der Waals surface area contributed by atoms with Gasteiger partial charge in [-0.15, -0.1) is 0 Å². The lowest BCUT2D eigenvalue weighted by atomic mass is 10.1. The molecule has 0 aliphatic rings. The molecule has 1 rings (SSSR count). The van der Waals surface area contributed by atoms with Crippen LogP contribution in [-0.2, 0) is 15.3 Å². The largest absolute Gasteiger partial charge is 0.346 e. The molecule has 0 heterocycles. The number of benzene rings is 1. The first-order valence-electron chi connectivity index (χ1n) is 5.50. The van der Waals surface area contributed by atoms with Gasteiger partial charge in [-0.2, -0.15) is 0 Å². The standard InChI is InChI=1S/C13H18O3/c1-4-15-13(3,16-5-2)12-8-6-11(10-14)7-9-12/h6-10H,4-5H2,1-3H3. The lowest BCUT2D eigenvalue weighted by Gasteiger charge is -2.29. The van der Waals surface area contributed by atoms with Gasteiger partial charge in [0.1, 0.15) is 6.29 Å². The lowest BCUT2D eigenvalue weighted by Crippen LogP contribution is -2.29. The number of ether oxygens (including phenoxy) is 2. The summed E-state index contributed by atoms with van der Waals surface area (Å²) in [5, 5.41) is 0. The van der Waals surface area contributed by atoms with Crippen LogP contribution in [0.15, 0.2) is 24.3 Å². The molecule has 0 radical (unpaired) electrons. The molecule has 0 aromatic heterocycles. The summed E-state index contributed by atoms with van der Waals surface area (Å²) < 4.78 is 11.2. The molecule has 0 saturated carbocycles. The molecular formula is C13H18O3. The SMILES string of the molecule is CCOC(C)(OCC)c1ccc(C=O)cc1. The summed E-state index contributed by atoms with van der Waals surface area (Å²) >= 11 is 0. The Morgan fingerprint density at radius 3 is 2.00 bits per heavy atom. The molecule has 0 unspecified atom stereocenters. The van der Waals surface area contributed by atoms with E-state index in [1.807, 2.05) is 32.9 Å². The molecule has 0 spiro atoms. The minimum Gasteiger partial charge on any atom is -0.346 e. The number of aldehydes is 1. The van der Waals surface area contributed by atoms with E-state index in [9.17, 15) is 4.79 Å². The number of hydrogen-bond acceptors (Lipinski definition) is 3. The summed E-state index contributed by atoms with van der Waals surface area (Å²) in [6.07, 6.45) is 0.822. The zero-order valence-corrected chi connectivity index (χ0v) is 10.0. The monoisotopic (exact) mass is 222 g/mol. The molecule has 0 fully saturated rings. The van der Waals surface area contributed by atoms with Crippen LogP contribution in [0.1, 0.15) is 36.7 Å². The van der Waals surface area contributed by atoms with Gasteiger partial charge in [-0.25, -0.2) is 0 Å². The van der Waals surface area contributed by atoms with E-state index in [4.69, 9.17) is 9.47 Å². The summed E-state index contributed by atoms with van der Waals surface area (Å²) in [7, 11) is 0. The minimum absolute atomic E-state index is 0.575. The van der Waals surface area contributed by atoms with Gasteiger partial charge in [0, 0.05) is 24.3 Å². The molecule has 0 saturated heterocycles. The number of carbonyl (C=O) groups excluding carboxylic acids is 1. The van der Waals surface area contributed by atoms with E-state index in [0.717, 1.165) is 11.8 Å². The Morgan fingerprint density at radius 1 is 1.12 bits per heavy atom. The summed E-state index contributed by atoms with van der Waals surface area (Å²) in [4.78, 5) is 10.6. The first-order valence-corrected chi connectivity index (χ1v) is 5.50. The second kappa shape index (κ2) is 5.77. The Kier molecular flexibility index (Phi) is 4.65. The Morgan fingerprint density at radius 2 is 1.62 bits per heavy atom. The van der Waals surface area contributed by atoms with Crippen LogP contribution in [0.25, 0.3) is 0 Å². The third-order valence-corrected chi connectivity index (χ3v) is 2.41. The van der Waals surface area contributed by atoms with Gasteiger partial charge in [0.15, 0.2) is 5.79 Å². The topological polar surface area (TPSA) is 35.5 Å². The van der Waals surface area contributed by atoms with Crippen molar-refractivity contribution in [1.82, 2.24) is 0 Å². The van der Waals surface area contributed by atoms with Crippen molar-refractivity contribution < 1.29 is 14.3 Å². The van der Waals surface area contributed by atoms with Crippen LogP contribution in [-0.4, -0.2) is 19.5 Å². The van der Waals surface area contributed by atoms with Crippen molar-refractivity contribution in [2.75, 3.05) is 13.2 Å². The Hall–Kier alpha value is -1.19. The maximum Gasteiger partial charge on any atom is 0.191 e. The third-order valence-electron chi connectivity index (χ3n) is 2.41. The van der Waals surface area contributed by atoms with Crippen molar-refractivity contribution in [3.05, 3.63) is 35.4 Å². The van der Waals surface area contributed by atoms with Crippen LogP contribution >= 0.6 is 0 Å². The van der Waals surface area contributed by atoms with Gasteiger partial charge in [-0.05, 0) is 20.8 Å². The van der Waals surface area contributed by atoms with Gasteiger partial charge in [0.25, 0.3) is 0 Å². The highest BCUT2D eigenvalue weighted by Crippen LogP contribution is 2.26. The lowest BCUT2D eigenvalue weighted by molar-refractivity contribution is -0.229. The quantitative estimate of drug-likeness (QED) is 0.548. The molecule has 3 heteroatoms. The fourth-order valence-corrected chi connectivity index (χ4v) is 1.62. The second-order valence-corrected chi connectivity index (χ2v) is 3.55. The minimum atomic E-state index is -0.731. The van der Waals surface area contributed by atoms with Gasteiger partial charge in [0.05, 0.1) is 0 Å². The zero-order valence-electron chi connectivity index (χ0n) is 10.0. The number of hydrogen-bond donors (Lipinski definition) is 0. The van der Waals surface area contributed by atoms with Gasteiger partial charge in [-0.3, -0.25) is 4.79 Å². The predicted molar refractivity (Wildman–Crippen MR) is 62.4 cm³/mol. The zero-order chi connectivity index (χ0) is 12.0. The molecular weight excluding hydrogens is 204 g/mol. The highest BCUT2D eigenvalue weighted by Gasteiger charge is 2.27. The fraction of sp³-hybridized carbons (Fsp3) is 0.462. The van der Waals surface area contributed by atoms with Crippen LogP contribution in [0.3, 0.4) is 0 Å². The molecule has 0 amide bonds. The van der Waals surface area contributed by atoms with E-state index in [0.29, 0.717) is 18.8 Å². The number of carbonyl (C=O) groups is 1. The highest BCUT2D eigenvalue weighted by molar-refractivity contribution is 5.74. The molecule has 0 bridgehead atoms. The fourth-order valence-electron chi connectivity index (χ4n) is 1.62. The first-order chi connectivity index (χ1) is 7.66. The maximum absolute atomic E-state index is 10.6. The van der Waals surface area contributed by atoms with Crippen LogP contribution in [0.5, 0.6) is 0 Å². The molecule has 88 valence electrons. The molecule has 0 N–H and O–H groups in total. The van der Waals surface area contributed by atoms with Crippen molar-refractivity contribution in [1.29, 1.82) is 0 Å². The van der Waals surface area contributed by atoms with Crippen molar-refractivity contribution in [3.8, 4) is 0 Å². The van der Waals surface area contributed by atoms with E-state index in [-0.39, 0.29) is 0 Å². The van der Waals surface area contributed by atoms with Crippen LogP contribution < -0.4 is 0 Å². The van der Waals surface area contributed by atoms with E-state index >= 15 is 0 Å². The smallest absolute Gasteiger partial charge is 0.191 e. The van der Waals surface area contributed by atoms with E-state index < -0.39 is 5.79 Å². The highest BCUT2D eigenvalue weighted by atomic mass is 16.7. The summed E-state index contributed by atoms with van der Waals surface area (Å²) in [6, 6.07) is 7.24. The molecule has 1 aromatic rings.